The second-order valence-electron chi connectivity index (χ2n) is 6.78. The van der Waals surface area contributed by atoms with Crippen LogP contribution < -0.4 is 10.2 Å². The minimum Gasteiger partial charge on any atom is -0.352 e. The van der Waals surface area contributed by atoms with Gasteiger partial charge in [-0.15, -0.1) is 11.3 Å². The van der Waals surface area contributed by atoms with E-state index in [4.69, 9.17) is 0 Å². The summed E-state index contributed by atoms with van der Waals surface area (Å²) in [4.78, 5) is 34.0. The molecule has 1 aliphatic rings. The molecular weight excluding hydrogens is 398 g/mol. The number of anilines is 2. The van der Waals surface area contributed by atoms with Crippen molar-refractivity contribution in [1.82, 2.24) is 9.88 Å². The lowest BCUT2D eigenvalue weighted by Crippen LogP contribution is -2.49. The van der Waals surface area contributed by atoms with Gasteiger partial charge in [-0.3, -0.25) is 9.59 Å². The Bertz CT molecular complexity index is 1100. The summed E-state index contributed by atoms with van der Waals surface area (Å²) in [6, 6.07) is 16.2. The van der Waals surface area contributed by atoms with Gasteiger partial charge in [0.2, 0.25) is 0 Å². The Kier molecular flexibility index (Phi) is 5.72. The highest BCUT2D eigenvalue weighted by Crippen LogP contribution is 2.20. The molecule has 0 unspecified atom stereocenters. The number of nitrogens with zero attached hydrogens (tertiary/aromatic N) is 4. The second kappa shape index (κ2) is 8.76. The number of nitriles is 1. The SMILES string of the molecule is N#Cc1cccnc1N1CCN(C(=O)c2cccc(NC(=O)c3cccs3)c2)CC1. The summed E-state index contributed by atoms with van der Waals surface area (Å²) in [6.45, 7) is 2.27. The van der Waals surface area contributed by atoms with Crippen LogP contribution in [0.4, 0.5) is 11.5 Å². The lowest BCUT2D eigenvalue weighted by Gasteiger charge is -2.35. The maximum absolute atomic E-state index is 13.0. The molecule has 3 heterocycles. The van der Waals surface area contributed by atoms with E-state index in [1.54, 1.807) is 53.6 Å². The van der Waals surface area contributed by atoms with Gasteiger partial charge < -0.3 is 15.1 Å². The van der Waals surface area contributed by atoms with Crippen LogP contribution in [0.15, 0.2) is 60.1 Å². The molecule has 0 bridgehead atoms. The largest absolute Gasteiger partial charge is 0.352 e. The second-order valence-corrected chi connectivity index (χ2v) is 7.73. The van der Waals surface area contributed by atoms with E-state index in [-0.39, 0.29) is 11.8 Å². The van der Waals surface area contributed by atoms with Crippen molar-refractivity contribution in [3.63, 3.8) is 0 Å². The molecule has 4 rings (SSSR count). The lowest BCUT2D eigenvalue weighted by molar-refractivity contribution is 0.0746. The predicted octanol–water partition coefficient (Wildman–Crippen LogP) is 3.23. The fourth-order valence-electron chi connectivity index (χ4n) is 3.37. The first-order chi connectivity index (χ1) is 14.7. The molecule has 150 valence electrons. The molecule has 2 amide bonds. The first kappa shape index (κ1) is 19.6. The summed E-state index contributed by atoms with van der Waals surface area (Å²) in [5.41, 5.74) is 1.65. The number of hydrogen-bond donors (Lipinski definition) is 1. The Morgan fingerprint density at radius 1 is 1.07 bits per heavy atom. The van der Waals surface area contributed by atoms with Crippen molar-refractivity contribution >= 4 is 34.7 Å². The van der Waals surface area contributed by atoms with Crippen LogP contribution >= 0.6 is 11.3 Å². The third-order valence-electron chi connectivity index (χ3n) is 4.89. The van der Waals surface area contributed by atoms with Gasteiger partial charge in [0, 0.05) is 43.6 Å². The van der Waals surface area contributed by atoms with Crippen LogP contribution in [0, 0.1) is 11.3 Å². The fourth-order valence-corrected chi connectivity index (χ4v) is 3.99. The zero-order chi connectivity index (χ0) is 20.9. The molecule has 0 atom stereocenters. The van der Waals surface area contributed by atoms with Crippen LogP contribution in [0.3, 0.4) is 0 Å². The monoisotopic (exact) mass is 417 g/mol. The van der Waals surface area contributed by atoms with E-state index in [2.05, 4.69) is 16.4 Å². The summed E-state index contributed by atoms with van der Waals surface area (Å²) < 4.78 is 0. The van der Waals surface area contributed by atoms with Crippen LogP contribution in [-0.4, -0.2) is 47.9 Å². The summed E-state index contributed by atoms with van der Waals surface area (Å²) in [5.74, 6) is 0.389. The van der Waals surface area contributed by atoms with Crippen molar-refractivity contribution in [3.05, 3.63) is 76.1 Å². The van der Waals surface area contributed by atoms with Crippen molar-refractivity contribution in [2.45, 2.75) is 0 Å². The van der Waals surface area contributed by atoms with Crippen molar-refractivity contribution in [1.29, 1.82) is 5.26 Å². The number of carbonyl (C=O) groups excluding carboxylic acids is 2. The molecule has 0 radical (unpaired) electrons. The van der Waals surface area contributed by atoms with Gasteiger partial charge in [0.25, 0.3) is 11.8 Å². The minimum absolute atomic E-state index is 0.0802. The van der Waals surface area contributed by atoms with E-state index in [0.29, 0.717) is 53.7 Å². The number of pyridine rings is 1. The van der Waals surface area contributed by atoms with E-state index >= 15 is 0 Å². The van der Waals surface area contributed by atoms with Gasteiger partial charge >= 0.3 is 0 Å². The van der Waals surface area contributed by atoms with Gasteiger partial charge in [0.05, 0.1) is 10.4 Å². The van der Waals surface area contributed by atoms with Crippen LogP contribution in [-0.2, 0) is 0 Å². The van der Waals surface area contributed by atoms with E-state index in [1.807, 2.05) is 16.3 Å². The minimum atomic E-state index is -0.188. The number of hydrogen-bond acceptors (Lipinski definition) is 6. The van der Waals surface area contributed by atoms with Gasteiger partial charge in [0.1, 0.15) is 11.9 Å². The molecule has 0 aliphatic carbocycles. The molecule has 7 nitrogen and oxygen atoms in total. The number of carbonyl (C=O) groups is 2. The molecule has 8 heteroatoms. The highest BCUT2D eigenvalue weighted by molar-refractivity contribution is 7.12. The number of benzene rings is 1. The lowest BCUT2D eigenvalue weighted by atomic mass is 10.1. The molecule has 3 aromatic rings. The molecule has 1 N–H and O–H groups in total. The van der Waals surface area contributed by atoms with Gasteiger partial charge in [0.15, 0.2) is 0 Å². The molecule has 2 aromatic heterocycles. The van der Waals surface area contributed by atoms with Gasteiger partial charge in [-0.25, -0.2) is 4.98 Å². The predicted molar refractivity (Wildman–Crippen MR) is 116 cm³/mol. The highest BCUT2D eigenvalue weighted by Gasteiger charge is 2.24. The molecule has 0 spiro atoms. The fraction of sp³-hybridized carbons (Fsp3) is 0.182. The Labute approximate surface area is 178 Å². The zero-order valence-corrected chi connectivity index (χ0v) is 16.9. The van der Waals surface area contributed by atoms with Crippen molar-refractivity contribution in [2.75, 3.05) is 36.4 Å². The van der Waals surface area contributed by atoms with Gasteiger partial charge in [-0.05, 0) is 41.8 Å². The maximum Gasteiger partial charge on any atom is 0.265 e. The number of thiophene rings is 1. The van der Waals surface area contributed by atoms with E-state index in [0.717, 1.165) is 0 Å². The smallest absolute Gasteiger partial charge is 0.265 e. The molecular formula is C22H19N5O2S. The standard InChI is InChI=1S/C22H19N5O2S/c23-15-17-5-2-8-24-20(17)26-9-11-27(12-10-26)22(29)16-4-1-6-18(14-16)25-21(28)19-7-3-13-30-19/h1-8,13-14H,9-12H2,(H,25,28). The third kappa shape index (κ3) is 4.16. The number of amides is 2. The summed E-state index contributed by atoms with van der Waals surface area (Å²) in [5, 5.41) is 14.0. The number of rotatable bonds is 4. The average molecular weight is 417 g/mol. The zero-order valence-electron chi connectivity index (χ0n) is 16.1. The van der Waals surface area contributed by atoms with E-state index in [1.165, 1.54) is 11.3 Å². The molecule has 1 saturated heterocycles. The van der Waals surface area contributed by atoms with E-state index in [9.17, 15) is 14.9 Å². The van der Waals surface area contributed by atoms with E-state index < -0.39 is 0 Å². The van der Waals surface area contributed by atoms with Crippen molar-refractivity contribution in [2.24, 2.45) is 0 Å². The number of piperazine rings is 1. The Hall–Kier alpha value is -3.70. The first-order valence-corrected chi connectivity index (χ1v) is 10.4. The summed E-state index contributed by atoms with van der Waals surface area (Å²) in [7, 11) is 0. The van der Waals surface area contributed by atoms with Gasteiger partial charge in [-0.1, -0.05) is 12.1 Å². The van der Waals surface area contributed by atoms with Crippen LogP contribution in [0.25, 0.3) is 0 Å². The normalized spacial score (nSPS) is 13.6. The third-order valence-corrected chi connectivity index (χ3v) is 5.75. The van der Waals surface area contributed by atoms with Crippen LogP contribution in [0.5, 0.6) is 0 Å². The molecule has 1 aliphatic heterocycles. The Balaban J connectivity index is 1.41. The molecule has 1 fully saturated rings. The first-order valence-electron chi connectivity index (χ1n) is 9.50. The summed E-state index contributed by atoms with van der Waals surface area (Å²) >= 11 is 1.37. The van der Waals surface area contributed by atoms with Crippen molar-refractivity contribution < 1.29 is 9.59 Å². The highest BCUT2D eigenvalue weighted by atomic mass is 32.1. The topological polar surface area (TPSA) is 89.3 Å². The maximum atomic E-state index is 13.0. The molecule has 0 saturated carbocycles. The quantitative estimate of drug-likeness (QED) is 0.704. The van der Waals surface area contributed by atoms with Gasteiger partial charge in [-0.2, -0.15) is 5.26 Å². The Morgan fingerprint density at radius 3 is 2.63 bits per heavy atom. The van der Waals surface area contributed by atoms with Crippen molar-refractivity contribution in [3.8, 4) is 6.07 Å². The Morgan fingerprint density at radius 2 is 1.90 bits per heavy atom. The van der Waals surface area contributed by atoms with Crippen LogP contribution in [0.2, 0.25) is 0 Å². The summed E-state index contributed by atoms with van der Waals surface area (Å²) in [6.07, 6.45) is 1.67. The number of nitrogens with one attached hydrogen (secondary N) is 1. The average Bonchev–Trinajstić information content (AvgIpc) is 3.34. The molecule has 1 aromatic carbocycles. The van der Waals surface area contributed by atoms with Crippen LogP contribution in [0.1, 0.15) is 25.6 Å². The molecule has 30 heavy (non-hydrogen) atoms. The number of aromatic nitrogens is 1.